The molecule has 1 aliphatic rings. The zero-order valence-electron chi connectivity index (χ0n) is 9.83. The van der Waals surface area contributed by atoms with E-state index < -0.39 is 11.6 Å². The lowest BCUT2D eigenvalue weighted by atomic mass is 9.97. The molecule has 0 saturated carbocycles. The van der Waals surface area contributed by atoms with Crippen LogP contribution in [0.3, 0.4) is 0 Å². The molecule has 5 nitrogen and oxygen atoms in total. The number of ketones is 2. The summed E-state index contributed by atoms with van der Waals surface area (Å²) in [4.78, 5) is 31.6. The van der Waals surface area contributed by atoms with Crippen LogP contribution in [-0.4, -0.2) is 21.5 Å². The van der Waals surface area contributed by atoms with E-state index in [9.17, 15) is 9.59 Å². The Morgan fingerprint density at radius 3 is 2.58 bits per heavy atom. The summed E-state index contributed by atoms with van der Waals surface area (Å²) >= 11 is 0. The Morgan fingerprint density at radius 1 is 1.00 bits per heavy atom. The number of aromatic nitrogens is 2. The second kappa shape index (κ2) is 4.13. The summed E-state index contributed by atoms with van der Waals surface area (Å²) in [5.41, 5.74) is 7.83. The maximum atomic E-state index is 11.7. The Kier molecular flexibility index (Phi) is 2.45. The average molecular weight is 251 g/mol. The predicted octanol–water partition coefficient (Wildman–Crippen LogP) is 1.21. The molecule has 0 saturated heterocycles. The van der Waals surface area contributed by atoms with Crippen molar-refractivity contribution in [1.82, 2.24) is 9.97 Å². The summed E-state index contributed by atoms with van der Waals surface area (Å²) in [5, 5.41) is 0. The highest BCUT2D eigenvalue weighted by Gasteiger charge is 2.26. The first-order valence-electron chi connectivity index (χ1n) is 5.65. The van der Waals surface area contributed by atoms with E-state index in [4.69, 9.17) is 5.73 Å². The second-order valence-electron chi connectivity index (χ2n) is 4.10. The molecule has 19 heavy (non-hydrogen) atoms. The molecule has 1 aliphatic carbocycles. The van der Waals surface area contributed by atoms with Crippen LogP contribution in [0.4, 0.5) is 0 Å². The van der Waals surface area contributed by atoms with Crippen LogP contribution in [0.2, 0.25) is 0 Å². The molecule has 0 aliphatic heterocycles. The minimum atomic E-state index is -0.614. The second-order valence-corrected chi connectivity index (χ2v) is 4.10. The van der Waals surface area contributed by atoms with E-state index in [-0.39, 0.29) is 11.3 Å². The summed E-state index contributed by atoms with van der Waals surface area (Å²) in [6, 6.07) is 8.68. The van der Waals surface area contributed by atoms with E-state index in [0.29, 0.717) is 17.1 Å². The number of nitrogens with two attached hydrogens (primary N) is 1. The summed E-state index contributed by atoms with van der Waals surface area (Å²) in [6.07, 6.45) is 2.77. The van der Waals surface area contributed by atoms with Crippen LogP contribution in [-0.2, 0) is 4.79 Å². The molecule has 0 unspecified atom stereocenters. The van der Waals surface area contributed by atoms with Crippen LogP contribution >= 0.6 is 0 Å². The number of pyridine rings is 2. The molecule has 0 spiro atoms. The van der Waals surface area contributed by atoms with E-state index in [1.54, 1.807) is 24.4 Å². The van der Waals surface area contributed by atoms with Crippen molar-refractivity contribution in [1.29, 1.82) is 0 Å². The molecule has 2 heterocycles. The quantitative estimate of drug-likeness (QED) is 0.770. The third kappa shape index (κ3) is 1.81. The van der Waals surface area contributed by atoms with Gasteiger partial charge < -0.3 is 5.73 Å². The number of carbonyl (C=O) groups excluding carboxylic acids is 2. The molecule has 0 amide bonds. The zero-order chi connectivity index (χ0) is 13.4. The van der Waals surface area contributed by atoms with Gasteiger partial charge in [-0.1, -0.05) is 6.07 Å². The van der Waals surface area contributed by atoms with Crippen LogP contribution in [0.1, 0.15) is 16.1 Å². The predicted molar refractivity (Wildman–Crippen MR) is 69.0 cm³/mol. The van der Waals surface area contributed by atoms with Crippen LogP contribution in [0, 0.1) is 0 Å². The van der Waals surface area contributed by atoms with Crippen LogP contribution < -0.4 is 5.73 Å². The van der Waals surface area contributed by atoms with Gasteiger partial charge in [-0.25, -0.2) is 4.98 Å². The fraction of sp³-hybridized carbons (Fsp3) is 0. The summed E-state index contributed by atoms with van der Waals surface area (Å²) in [5.74, 6) is -1.19. The first-order chi connectivity index (χ1) is 9.16. The van der Waals surface area contributed by atoms with Gasteiger partial charge in [0.05, 0.1) is 28.3 Å². The molecule has 2 aromatic heterocycles. The van der Waals surface area contributed by atoms with Crippen molar-refractivity contribution in [3.8, 4) is 11.4 Å². The van der Waals surface area contributed by atoms with Gasteiger partial charge in [0.25, 0.3) is 0 Å². The Hall–Kier alpha value is -2.82. The van der Waals surface area contributed by atoms with E-state index in [1.807, 2.05) is 12.1 Å². The highest BCUT2D eigenvalue weighted by atomic mass is 16.2. The molecule has 2 aromatic rings. The first kappa shape index (κ1) is 11.3. The third-order valence-corrected chi connectivity index (χ3v) is 2.85. The summed E-state index contributed by atoms with van der Waals surface area (Å²) in [7, 11) is 0. The van der Waals surface area contributed by atoms with Crippen molar-refractivity contribution in [3.63, 3.8) is 0 Å². The zero-order valence-corrected chi connectivity index (χ0v) is 9.83. The van der Waals surface area contributed by atoms with Gasteiger partial charge in [0, 0.05) is 12.3 Å². The topological polar surface area (TPSA) is 85.9 Å². The number of carbonyl (C=O) groups is 2. The SMILES string of the molecule is NC1=CC(=O)C(=O)c2ccc(-c3ccccn3)nc21. The third-order valence-electron chi connectivity index (χ3n) is 2.85. The molecule has 92 valence electrons. The number of hydrogen-bond donors (Lipinski definition) is 1. The van der Waals surface area contributed by atoms with Crippen LogP contribution in [0.15, 0.2) is 42.6 Å². The van der Waals surface area contributed by atoms with E-state index in [1.165, 1.54) is 0 Å². The van der Waals surface area contributed by atoms with E-state index >= 15 is 0 Å². The van der Waals surface area contributed by atoms with Crippen molar-refractivity contribution in [3.05, 3.63) is 53.9 Å². The summed E-state index contributed by atoms with van der Waals surface area (Å²) < 4.78 is 0. The van der Waals surface area contributed by atoms with Gasteiger partial charge in [-0.05, 0) is 24.3 Å². The lowest BCUT2D eigenvalue weighted by Gasteiger charge is -2.12. The Balaban J connectivity index is 2.17. The van der Waals surface area contributed by atoms with Gasteiger partial charge in [-0.15, -0.1) is 0 Å². The fourth-order valence-electron chi connectivity index (χ4n) is 1.93. The van der Waals surface area contributed by atoms with Gasteiger partial charge in [0.15, 0.2) is 0 Å². The normalized spacial score (nSPS) is 14.0. The number of fused-ring (bicyclic) bond motifs is 1. The first-order valence-corrected chi connectivity index (χ1v) is 5.65. The van der Waals surface area contributed by atoms with E-state index in [0.717, 1.165) is 6.08 Å². The lowest BCUT2D eigenvalue weighted by molar-refractivity contribution is -0.111. The van der Waals surface area contributed by atoms with Gasteiger partial charge in [-0.2, -0.15) is 0 Å². The van der Waals surface area contributed by atoms with E-state index in [2.05, 4.69) is 9.97 Å². The van der Waals surface area contributed by atoms with Crippen molar-refractivity contribution in [2.45, 2.75) is 0 Å². The minimum absolute atomic E-state index is 0.206. The largest absolute Gasteiger partial charge is 0.397 e. The van der Waals surface area contributed by atoms with Crippen molar-refractivity contribution >= 4 is 17.3 Å². The van der Waals surface area contributed by atoms with Crippen molar-refractivity contribution < 1.29 is 9.59 Å². The Morgan fingerprint density at radius 2 is 1.84 bits per heavy atom. The maximum absolute atomic E-state index is 11.7. The number of allylic oxidation sites excluding steroid dienone is 1. The monoisotopic (exact) mass is 251 g/mol. The van der Waals surface area contributed by atoms with Crippen LogP contribution in [0.5, 0.6) is 0 Å². The van der Waals surface area contributed by atoms with Gasteiger partial charge in [0.2, 0.25) is 11.6 Å². The Labute approximate surface area is 108 Å². The van der Waals surface area contributed by atoms with Crippen LogP contribution in [0.25, 0.3) is 17.1 Å². The maximum Gasteiger partial charge on any atom is 0.235 e. The molecular weight excluding hydrogens is 242 g/mol. The molecule has 0 radical (unpaired) electrons. The molecule has 0 bridgehead atoms. The highest BCUT2D eigenvalue weighted by Crippen LogP contribution is 2.23. The number of nitrogens with zero attached hydrogens (tertiary/aromatic N) is 2. The highest BCUT2D eigenvalue weighted by molar-refractivity contribution is 6.50. The van der Waals surface area contributed by atoms with Gasteiger partial charge >= 0.3 is 0 Å². The smallest absolute Gasteiger partial charge is 0.235 e. The molecular formula is C14H9N3O2. The molecule has 0 atom stereocenters. The van der Waals surface area contributed by atoms with Crippen molar-refractivity contribution in [2.24, 2.45) is 5.73 Å². The number of rotatable bonds is 1. The molecule has 5 heteroatoms. The van der Waals surface area contributed by atoms with Crippen molar-refractivity contribution in [2.75, 3.05) is 0 Å². The summed E-state index contributed by atoms with van der Waals surface area (Å²) in [6.45, 7) is 0. The number of Topliss-reactive ketones (excluding diaryl/α,β-unsaturated/α-hetero) is 1. The standard InChI is InChI=1S/C14H9N3O2/c15-9-7-12(18)14(19)8-4-5-11(17-13(8)9)10-3-1-2-6-16-10/h1-7H,15H2. The number of hydrogen-bond acceptors (Lipinski definition) is 5. The molecule has 0 aromatic carbocycles. The minimum Gasteiger partial charge on any atom is -0.397 e. The average Bonchev–Trinajstić information content (AvgIpc) is 2.45. The lowest BCUT2D eigenvalue weighted by Crippen LogP contribution is -2.22. The molecule has 2 N–H and O–H groups in total. The fourth-order valence-corrected chi connectivity index (χ4v) is 1.93. The van der Waals surface area contributed by atoms with Gasteiger partial charge in [-0.3, -0.25) is 14.6 Å². The molecule has 3 rings (SSSR count). The molecule has 0 fully saturated rings. The van der Waals surface area contributed by atoms with Gasteiger partial charge in [0.1, 0.15) is 0 Å². The Bertz CT molecular complexity index is 721.